The molecule has 2 heterocycles. The maximum atomic E-state index is 12.5. The van der Waals surface area contributed by atoms with Crippen molar-refractivity contribution in [3.63, 3.8) is 0 Å². The topological polar surface area (TPSA) is 69.9 Å². The third-order valence-electron chi connectivity index (χ3n) is 5.20. The molecule has 0 spiro atoms. The van der Waals surface area contributed by atoms with E-state index in [0.29, 0.717) is 12.3 Å². The standard InChI is InChI=1S/C24H25NO5/c1-24(2)22(29-23(26)20-10-7-13-28-20)21(27-3)18-14-17(11-12-19(18)30-24)25-15-16-8-5-4-6-9-16/h4-14,21-22,25H,15H2,1-3H3. The van der Waals surface area contributed by atoms with E-state index in [9.17, 15) is 4.79 Å². The summed E-state index contributed by atoms with van der Waals surface area (Å²) in [5.41, 5.74) is 2.15. The number of ether oxygens (including phenoxy) is 3. The lowest BCUT2D eigenvalue weighted by Crippen LogP contribution is -2.51. The summed E-state index contributed by atoms with van der Waals surface area (Å²) in [6, 6.07) is 19.2. The van der Waals surface area contributed by atoms with Gasteiger partial charge in [0.1, 0.15) is 17.5 Å². The van der Waals surface area contributed by atoms with Crippen LogP contribution in [0, 0.1) is 0 Å². The number of rotatable bonds is 6. The molecule has 1 N–H and O–H groups in total. The van der Waals surface area contributed by atoms with Crippen molar-refractivity contribution in [3.8, 4) is 5.75 Å². The fraction of sp³-hybridized carbons (Fsp3) is 0.292. The number of esters is 1. The van der Waals surface area contributed by atoms with Gasteiger partial charge in [0, 0.05) is 24.9 Å². The third-order valence-corrected chi connectivity index (χ3v) is 5.20. The minimum atomic E-state index is -0.783. The Kier molecular flexibility index (Phi) is 5.50. The molecule has 0 radical (unpaired) electrons. The van der Waals surface area contributed by atoms with Gasteiger partial charge >= 0.3 is 5.97 Å². The number of anilines is 1. The van der Waals surface area contributed by atoms with Gasteiger partial charge < -0.3 is 23.9 Å². The summed E-state index contributed by atoms with van der Waals surface area (Å²) in [5.74, 6) is 0.303. The van der Waals surface area contributed by atoms with Crippen LogP contribution < -0.4 is 10.1 Å². The highest BCUT2D eigenvalue weighted by Gasteiger charge is 2.47. The molecule has 156 valence electrons. The van der Waals surface area contributed by atoms with Crippen molar-refractivity contribution in [1.82, 2.24) is 0 Å². The summed E-state index contributed by atoms with van der Waals surface area (Å²) in [6.45, 7) is 4.45. The molecule has 0 saturated heterocycles. The fourth-order valence-electron chi connectivity index (χ4n) is 3.67. The Hall–Kier alpha value is -3.25. The number of carbonyl (C=O) groups excluding carboxylic acids is 1. The van der Waals surface area contributed by atoms with Gasteiger partial charge in [0.15, 0.2) is 6.10 Å². The van der Waals surface area contributed by atoms with Crippen molar-refractivity contribution in [1.29, 1.82) is 0 Å². The lowest BCUT2D eigenvalue weighted by molar-refractivity contribution is -0.130. The molecule has 0 amide bonds. The molecule has 30 heavy (non-hydrogen) atoms. The van der Waals surface area contributed by atoms with E-state index in [1.165, 1.54) is 11.8 Å². The van der Waals surface area contributed by atoms with E-state index >= 15 is 0 Å². The molecule has 4 rings (SSSR count). The first kappa shape index (κ1) is 20.0. The number of furan rings is 1. The summed E-state index contributed by atoms with van der Waals surface area (Å²) in [6.07, 6.45) is 0.297. The monoisotopic (exact) mass is 407 g/mol. The lowest BCUT2D eigenvalue weighted by atomic mass is 9.88. The van der Waals surface area contributed by atoms with Gasteiger partial charge in [-0.15, -0.1) is 0 Å². The van der Waals surface area contributed by atoms with Gasteiger partial charge in [-0.3, -0.25) is 0 Å². The Morgan fingerprint density at radius 1 is 1.10 bits per heavy atom. The third kappa shape index (κ3) is 4.04. The molecule has 0 bridgehead atoms. The molecule has 1 aliphatic heterocycles. The number of hydrogen-bond donors (Lipinski definition) is 1. The van der Waals surface area contributed by atoms with E-state index in [1.807, 2.05) is 50.2 Å². The van der Waals surface area contributed by atoms with Crippen LogP contribution in [0.4, 0.5) is 5.69 Å². The Morgan fingerprint density at radius 3 is 2.60 bits per heavy atom. The molecule has 0 aliphatic carbocycles. The zero-order chi connectivity index (χ0) is 21.1. The number of fused-ring (bicyclic) bond motifs is 1. The van der Waals surface area contributed by atoms with E-state index in [2.05, 4.69) is 17.4 Å². The van der Waals surface area contributed by atoms with Crippen molar-refractivity contribution in [3.05, 3.63) is 83.8 Å². The average Bonchev–Trinajstić information content (AvgIpc) is 3.28. The molecule has 1 aromatic heterocycles. The molecule has 0 fully saturated rings. The fourth-order valence-corrected chi connectivity index (χ4v) is 3.67. The van der Waals surface area contributed by atoms with E-state index in [1.54, 1.807) is 19.2 Å². The van der Waals surface area contributed by atoms with Gasteiger partial charge in [-0.05, 0) is 49.7 Å². The van der Waals surface area contributed by atoms with Crippen LogP contribution in [-0.2, 0) is 16.0 Å². The number of nitrogens with one attached hydrogen (secondary N) is 1. The number of benzene rings is 2. The van der Waals surface area contributed by atoms with Gasteiger partial charge in [0.05, 0.1) is 6.26 Å². The Bertz CT molecular complexity index is 998. The Morgan fingerprint density at radius 2 is 1.90 bits per heavy atom. The molecule has 2 atom stereocenters. The van der Waals surface area contributed by atoms with E-state index < -0.39 is 23.8 Å². The quantitative estimate of drug-likeness (QED) is 0.582. The first-order chi connectivity index (χ1) is 14.5. The first-order valence-corrected chi connectivity index (χ1v) is 9.86. The van der Waals surface area contributed by atoms with Gasteiger partial charge in [-0.2, -0.15) is 0 Å². The average molecular weight is 407 g/mol. The minimum Gasteiger partial charge on any atom is -0.483 e. The van der Waals surface area contributed by atoms with Gasteiger partial charge in [0.2, 0.25) is 5.76 Å². The molecule has 2 unspecified atom stereocenters. The van der Waals surface area contributed by atoms with Crippen molar-refractivity contribution in [2.75, 3.05) is 12.4 Å². The molecule has 1 aliphatic rings. The second kappa shape index (κ2) is 8.24. The van der Waals surface area contributed by atoms with Crippen LogP contribution in [0.15, 0.2) is 71.3 Å². The second-order valence-electron chi connectivity index (χ2n) is 7.76. The zero-order valence-electron chi connectivity index (χ0n) is 17.3. The maximum Gasteiger partial charge on any atom is 0.374 e. The Labute approximate surface area is 175 Å². The summed E-state index contributed by atoms with van der Waals surface area (Å²) < 4.78 is 22.9. The van der Waals surface area contributed by atoms with Gasteiger partial charge in [-0.25, -0.2) is 4.79 Å². The molecule has 6 heteroatoms. The van der Waals surface area contributed by atoms with Crippen molar-refractivity contribution < 1.29 is 23.4 Å². The van der Waals surface area contributed by atoms with E-state index in [-0.39, 0.29) is 5.76 Å². The van der Waals surface area contributed by atoms with Crippen LogP contribution in [0.1, 0.15) is 41.6 Å². The predicted molar refractivity (Wildman–Crippen MR) is 113 cm³/mol. The summed E-state index contributed by atoms with van der Waals surface area (Å²) >= 11 is 0. The van der Waals surface area contributed by atoms with E-state index in [0.717, 1.165) is 11.3 Å². The van der Waals surface area contributed by atoms with Gasteiger partial charge in [-0.1, -0.05) is 30.3 Å². The number of hydrogen-bond acceptors (Lipinski definition) is 6. The highest BCUT2D eigenvalue weighted by Crippen LogP contribution is 2.44. The van der Waals surface area contributed by atoms with Crippen LogP contribution >= 0.6 is 0 Å². The molecular weight excluding hydrogens is 382 g/mol. The van der Waals surface area contributed by atoms with Gasteiger partial charge in [0.25, 0.3) is 0 Å². The van der Waals surface area contributed by atoms with E-state index in [4.69, 9.17) is 18.6 Å². The van der Waals surface area contributed by atoms with Crippen LogP contribution in [0.3, 0.4) is 0 Å². The minimum absolute atomic E-state index is 0.143. The van der Waals surface area contributed by atoms with Crippen LogP contribution in [0.5, 0.6) is 5.75 Å². The highest BCUT2D eigenvalue weighted by molar-refractivity contribution is 5.86. The zero-order valence-corrected chi connectivity index (χ0v) is 17.3. The highest BCUT2D eigenvalue weighted by atomic mass is 16.6. The van der Waals surface area contributed by atoms with Crippen LogP contribution in [0.25, 0.3) is 0 Å². The Balaban J connectivity index is 1.58. The molecule has 2 aromatic carbocycles. The number of methoxy groups -OCH3 is 1. The predicted octanol–water partition coefficient (Wildman–Crippen LogP) is 4.98. The molecule has 0 saturated carbocycles. The molecule has 3 aromatic rings. The first-order valence-electron chi connectivity index (χ1n) is 9.86. The summed E-state index contributed by atoms with van der Waals surface area (Å²) in [5, 5.41) is 3.42. The summed E-state index contributed by atoms with van der Waals surface area (Å²) in [4.78, 5) is 12.5. The SMILES string of the molecule is COC1c2cc(NCc3ccccc3)ccc2OC(C)(C)C1OC(=O)c1ccco1. The second-order valence-corrected chi connectivity index (χ2v) is 7.76. The largest absolute Gasteiger partial charge is 0.483 e. The normalized spacial score (nSPS) is 19.4. The number of carbonyl (C=O) groups is 1. The smallest absolute Gasteiger partial charge is 0.374 e. The van der Waals surface area contributed by atoms with Crippen molar-refractivity contribution >= 4 is 11.7 Å². The maximum absolute atomic E-state index is 12.5. The molecule has 6 nitrogen and oxygen atoms in total. The van der Waals surface area contributed by atoms with Crippen LogP contribution in [0.2, 0.25) is 0 Å². The van der Waals surface area contributed by atoms with Crippen molar-refractivity contribution in [2.24, 2.45) is 0 Å². The summed E-state index contributed by atoms with van der Waals surface area (Å²) in [7, 11) is 1.60. The van der Waals surface area contributed by atoms with Crippen molar-refractivity contribution in [2.45, 2.75) is 38.2 Å². The lowest BCUT2D eigenvalue weighted by Gasteiger charge is -2.43. The van der Waals surface area contributed by atoms with Crippen LogP contribution in [-0.4, -0.2) is 24.8 Å². The molecular formula is C24H25NO5.